The van der Waals surface area contributed by atoms with Crippen molar-refractivity contribution in [3.8, 4) is 0 Å². The second kappa shape index (κ2) is 6.76. The Labute approximate surface area is 159 Å². The van der Waals surface area contributed by atoms with Crippen LogP contribution in [0.3, 0.4) is 0 Å². The van der Waals surface area contributed by atoms with Crippen molar-refractivity contribution in [3.05, 3.63) is 40.7 Å². The van der Waals surface area contributed by atoms with Crippen molar-refractivity contribution < 1.29 is 13.2 Å². The Bertz CT molecular complexity index is 1010. The van der Waals surface area contributed by atoms with Gasteiger partial charge in [0.2, 0.25) is 15.9 Å². The summed E-state index contributed by atoms with van der Waals surface area (Å²) >= 11 is 0. The Kier molecular flexibility index (Phi) is 4.55. The third-order valence-electron chi connectivity index (χ3n) is 5.37. The molecule has 27 heavy (non-hydrogen) atoms. The van der Waals surface area contributed by atoms with E-state index >= 15 is 0 Å². The number of nitrogens with zero attached hydrogens (tertiary/aromatic N) is 3. The average Bonchev–Trinajstić information content (AvgIpc) is 3.22. The number of nitrogens with one attached hydrogen (secondary N) is 1. The van der Waals surface area contributed by atoms with E-state index in [1.165, 1.54) is 5.56 Å². The number of fused-ring (bicyclic) bond motifs is 3. The molecule has 0 atom stereocenters. The van der Waals surface area contributed by atoms with E-state index in [4.69, 9.17) is 0 Å². The number of aromatic nitrogens is 2. The van der Waals surface area contributed by atoms with Gasteiger partial charge >= 0.3 is 0 Å². The van der Waals surface area contributed by atoms with Crippen molar-refractivity contribution in [3.63, 3.8) is 0 Å². The Balaban J connectivity index is 1.61. The first-order valence-electron chi connectivity index (χ1n) is 9.38. The summed E-state index contributed by atoms with van der Waals surface area (Å²) in [4.78, 5) is 11.9. The summed E-state index contributed by atoms with van der Waals surface area (Å²) in [6.07, 6.45) is 3.46. The molecule has 1 aliphatic heterocycles. The van der Waals surface area contributed by atoms with Crippen molar-refractivity contribution in [1.82, 2.24) is 14.1 Å². The molecule has 0 bridgehead atoms. The lowest BCUT2D eigenvalue weighted by molar-refractivity contribution is -0.115. The quantitative estimate of drug-likeness (QED) is 0.871. The lowest BCUT2D eigenvalue weighted by Crippen LogP contribution is -2.39. The molecule has 4 rings (SSSR count). The molecule has 144 valence electrons. The van der Waals surface area contributed by atoms with E-state index < -0.39 is 10.0 Å². The van der Waals surface area contributed by atoms with Crippen LogP contribution in [0, 0.1) is 6.92 Å². The van der Waals surface area contributed by atoms with E-state index in [1.807, 2.05) is 4.68 Å². The first-order chi connectivity index (χ1) is 12.9. The van der Waals surface area contributed by atoms with Crippen LogP contribution < -0.4 is 5.32 Å². The van der Waals surface area contributed by atoms with Gasteiger partial charge in [-0.05, 0) is 55.5 Å². The van der Waals surface area contributed by atoms with Crippen LogP contribution >= 0.6 is 0 Å². The summed E-state index contributed by atoms with van der Waals surface area (Å²) in [5.74, 6) is -0.0943. The number of carbonyl (C=O) groups is 1. The molecule has 0 unspecified atom stereocenters. The lowest BCUT2D eigenvalue weighted by Gasteiger charge is -2.28. The van der Waals surface area contributed by atoms with Crippen LogP contribution in [0.25, 0.3) is 0 Å². The van der Waals surface area contributed by atoms with Crippen molar-refractivity contribution in [2.75, 3.05) is 11.9 Å². The summed E-state index contributed by atoms with van der Waals surface area (Å²) in [5.41, 5.74) is 4.67. The number of hydrogen-bond acceptors (Lipinski definition) is 4. The van der Waals surface area contributed by atoms with Crippen LogP contribution in [0.5, 0.6) is 0 Å². The second-order valence-electron chi connectivity index (χ2n) is 7.17. The molecule has 8 heteroatoms. The maximum atomic E-state index is 13.2. The molecule has 7 nitrogen and oxygen atoms in total. The highest BCUT2D eigenvalue weighted by Gasteiger charge is 2.33. The monoisotopic (exact) mass is 388 g/mol. The van der Waals surface area contributed by atoms with E-state index in [-0.39, 0.29) is 5.91 Å². The molecule has 1 aliphatic carbocycles. The Hall–Kier alpha value is -2.19. The molecule has 1 N–H and O–H groups in total. The fraction of sp³-hybridized carbons (Fsp3) is 0.474. The van der Waals surface area contributed by atoms with Gasteiger partial charge in [0, 0.05) is 18.7 Å². The van der Waals surface area contributed by atoms with Crippen molar-refractivity contribution in [2.45, 2.75) is 57.5 Å². The molecule has 1 amide bonds. The predicted octanol–water partition coefficient (Wildman–Crippen LogP) is 2.23. The third-order valence-corrected chi connectivity index (χ3v) is 7.38. The zero-order valence-corrected chi connectivity index (χ0v) is 16.5. The highest BCUT2D eigenvalue weighted by molar-refractivity contribution is 7.89. The van der Waals surface area contributed by atoms with Crippen LogP contribution in [0.1, 0.15) is 42.3 Å². The van der Waals surface area contributed by atoms with Crippen LogP contribution in [0.2, 0.25) is 0 Å². The second-order valence-corrected chi connectivity index (χ2v) is 9.08. The lowest BCUT2D eigenvalue weighted by atomic mass is 10.2. The minimum absolute atomic E-state index is 0.0943. The smallest absolute Gasteiger partial charge is 0.243 e. The Morgan fingerprint density at radius 3 is 2.81 bits per heavy atom. The zero-order valence-electron chi connectivity index (χ0n) is 15.7. The number of carbonyl (C=O) groups excluding carboxylic acids is 1. The number of amides is 1. The number of rotatable bonds is 4. The van der Waals surface area contributed by atoms with Gasteiger partial charge < -0.3 is 5.32 Å². The predicted molar refractivity (Wildman–Crippen MR) is 102 cm³/mol. The van der Waals surface area contributed by atoms with E-state index in [0.29, 0.717) is 42.2 Å². The maximum absolute atomic E-state index is 13.2. The summed E-state index contributed by atoms with van der Waals surface area (Å²) in [6.45, 7) is 4.92. The van der Waals surface area contributed by atoms with Crippen LogP contribution in [0.15, 0.2) is 23.1 Å². The molecular formula is C19H24N4O3S. The van der Waals surface area contributed by atoms with E-state index in [2.05, 4.69) is 10.4 Å². The molecule has 1 aromatic carbocycles. The first-order valence-corrected chi connectivity index (χ1v) is 10.8. The fourth-order valence-electron chi connectivity index (χ4n) is 3.94. The standard InChI is InChI=1S/C19H24N4O3S/c1-3-19(24)20-14-7-8-18(13(2)11-14)27(25,26)22-9-10-23-17(12-22)15-5-4-6-16(15)21-23/h7-8,11H,3-6,9-10,12H2,1-2H3,(H,20,24). The highest BCUT2D eigenvalue weighted by Crippen LogP contribution is 2.31. The van der Waals surface area contributed by atoms with Crippen molar-refractivity contribution in [1.29, 1.82) is 0 Å². The number of anilines is 1. The number of benzene rings is 1. The average molecular weight is 388 g/mol. The van der Waals surface area contributed by atoms with Crippen LogP contribution in [-0.4, -0.2) is 35.0 Å². The van der Waals surface area contributed by atoms with Crippen LogP contribution in [-0.2, 0) is 40.7 Å². The number of sulfonamides is 1. The van der Waals surface area contributed by atoms with Crippen molar-refractivity contribution in [2.24, 2.45) is 0 Å². The maximum Gasteiger partial charge on any atom is 0.243 e. The fourth-order valence-corrected chi connectivity index (χ4v) is 5.53. The van der Waals surface area contributed by atoms with Crippen LogP contribution in [0.4, 0.5) is 5.69 Å². The summed E-state index contributed by atoms with van der Waals surface area (Å²) in [7, 11) is -3.60. The molecule has 2 aliphatic rings. The third kappa shape index (κ3) is 3.17. The molecule has 1 aromatic heterocycles. The summed E-state index contributed by atoms with van der Waals surface area (Å²) < 4.78 is 30.0. The minimum atomic E-state index is -3.60. The van der Waals surface area contributed by atoms with Gasteiger partial charge in [-0.25, -0.2) is 8.42 Å². The summed E-state index contributed by atoms with van der Waals surface area (Å²) in [6, 6.07) is 4.96. The SMILES string of the molecule is CCC(=O)Nc1ccc(S(=O)(=O)N2CCn3nc4c(c3C2)CCC4)c(C)c1. The summed E-state index contributed by atoms with van der Waals surface area (Å²) in [5, 5.41) is 7.41. The van der Waals surface area contributed by atoms with Gasteiger partial charge in [0.1, 0.15) is 0 Å². The molecule has 2 aromatic rings. The van der Waals surface area contributed by atoms with Gasteiger partial charge in [-0.3, -0.25) is 9.48 Å². The first kappa shape index (κ1) is 18.2. The molecule has 0 spiro atoms. The van der Waals surface area contributed by atoms with E-state index in [1.54, 1.807) is 36.4 Å². The van der Waals surface area contributed by atoms with Gasteiger partial charge in [0.05, 0.1) is 29.4 Å². The van der Waals surface area contributed by atoms with Gasteiger partial charge in [0.25, 0.3) is 0 Å². The van der Waals surface area contributed by atoms with Gasteiger partial charge in [-0.1, -0.05) is 6.92 Å². The van der Waals surface area contributed by atoms with E-state index in [9.17, 15) is 13.2 Å². The largest absolute Gasteiger partial charge is 0.326 e. The molecule has 0 radical (unpaired) electrons. The molecule has 0 saturated heterocycles. The Morgan fingerprint density at radius 2 is 2.07 bits per heavy atom. The molecular weight excluding hydrogens is 364 g/mol. The van der Waals surface area contributed by atoms with Gasteiger partial charge in [-0.2, -0.15) is 9.40 Å². The van der Waals surface area contributed by atoms with Crippen molar-refractivity contribution >= 4 is 21.6 Å². The molecule has 0 saturated carbocycles. The zero-order chi connectivity index (χ0) is 19.2. The topological polar surface area (TPSA) is 84.3 Å². The number of aryl methyl sites for hydroxylation is 2. The van der Waals surface area contributed by atoms with E-state index in [0.717, 1.165) is 30.7 Å². The minimum Gasteiger partial charge on any atom is -0.326 e. The van der Waals surface area contributed by atoms with Gasteiger partial charge in [-0.15, -0.1) is 0 Å². The van der Waals surface area contributed by atoms with Gasteiger partial charge in [0.15, 0.2) is 0 Å². The highest BCUT2D eigenvalue weighted by atomic mass is 32.2. The molecule has 2 heterocycles. The molecule has 0 fully saturated rings. The normalized spacial score (nSPS) is 16.8. The Morgan fingerprint density at radius 1 is 1.26 bits per heavy atom. The number of hydrogen-bond donors (Lipinski definition) is 1.